The predicted octanol–water partition coefficient (Wildman–Crippen LogP) is 2.64. The maximum atomic E-state index is 12.4. The fraction of sp³-hybridized carbons (Fsp3) is 0.368. The van der Waals surface area contributed by atoms with Gasteiger partial charge in [0.1, 0.15) is 5.03 Å². The van der Waals surface area contributed by atoms with Crippen LogP contribution in [0.3, 0.4) is 0 Å². The molecule has 0 radical (unpaired) electrons. The molecule has 1 aliphatic rings. The molecule has 0 aliphatic carbocycles. The molecule has 154 valence electrons. The number of nitrogens with one attached hydrogen (secondary N) is 1. The predicted molar refractivity (Wildman–Crippen MR) is 106 cm³/mol. The van der Waals surface area contributed by atoms with Crippen LogP contribution >= 0.6 is 11.8 Å². The Balaban J connectivity index is 1.50. The topological polar surface area (TPSA) is 78.4 Å². The average Bonchev–Trinajstić information content (AvgIpc) is 2.74. The summed E-state index contributed by atoms with van der Waals surface area (Å²) < 4.78 is 24.6. The summed E-state index contributed by atoms with van der Waals surface area (Å²) in [7, 11) is 0. The smallest absolute Gasteiger partial charge is 0.313 e. The highest BCUT2D eigenvalue weighted by Gasteiger charge is 2.28. The maximum absolute atomic E-state index is 12.4. The van der Waals surface area contributed by atoms with E-state index in [1.807, 2.05) is 18.3 Å². The Hall–Kier alpha value is -2.59. The van der Waals surface area contributed by atoms with E-state index in [0.717, 1.165) is 5.56 Å². The van der Waals surface area contributed by atoms with Crippen LogP contribution < -0.4 is 5.32 Å². The van der Waals surface area contributed by atoms with Crippen LogP contribution in [0.5, 0.6) is 0 Å². The molecule has 29 heavy (non-hydrogen) atoms. The molecule has 1 fully saturated rings. The Kier molecular flexibility index (Phi) is 7.10. The highest BCUT2D eigenvalue weighted by molar-refractivity contribution is 7.99. The first-order valence-corrected chi connectivity index (χ1v) is 9.97. The SMILES string of the molecule is CC(c1cccnc1)N1CCN(C(=O)C(=O)Nc2ccc(SC(F)F)nc2)CC1. The minimum Gasteiger partial charge on any atom is -0.332 e. The molecule has 0 bridgehead atoms. The van der Waals surface area contributed by atoms with Gasteiger partial charge in [0.05, 0.1) is 11.9 Å². The van der Waals surface area contributed by atoms with Gasteiger partial charge in [-0.2, -0.15) is 8.78 Å². The molecule has 2 aromatic heterocycles. The number of hydrogen-bond donors (Lipinski definition) is 1. The van der Waals surface area contributed by atoms with Crippen molar-refractivity contribution >= 4 is 29.3 Å². The Morgan fingerprint density at radius 2 is 1.90 bits per heavy atom. The average molecular weight is 421 g/mol. The maximum Gasteiger partial charge on any atom is 0.313 e. The van der Waals surface area contributed by atoms with E-state index in [4.69, 9.17) is 0 Å². The van der Waals surface area contributed by atoms with Gasteiger partial charge in [0.2, 0.25) is 0 Å². The van der Waals surface area contributed by atoms with Crippen molar-refractivity contribution in [1.29, 1.82) is 0 Å². The monoisotopic (exact) mass is 421 g/mol. The molecule has 1 unspecified atom stereocenters. The van der Waals surface area contributed by atoms with E-state index in [-0.39, 0.29) is 16.8 Å². The number of alkyl halides is 2. The Bertz CT molecular complexity index is 830. The molecule has 0 spiro atoms. The molecule has 1 aliphatic heterocycles. The van der Waals surface area contributed by atoms with E-state index in [2.05, 4.69) is 27.1 Å². The van der Waals surface area contributed by atoms with Gasteiger partial charge < -0.3 is 10.2 Å². The van der Waals surface area contributed by atoms with Gasteiger partial charge in [0, 0.05) is 44.6 Å². The molecule has 10 heteroatoms. The fourth-order valence-corrected chi connectivity index (χ4v) is 3.53. The van der Waals surface area contributed by atoms with Crippen molar-refractivity contribution in [3.8, 4) is 0 Å². The zero-order valence-corrected chi connectivity index (χ0v) is 16.6. The Morgan fingerprint density at radius 1 is 1.14 bits per heavy atom. The van der Waals surface area contributed by atoms with Gasteiger partial charge in [-0.15, -0.1) is 0 Å². The summed E-state index contributed by atoms with van der Waals surface area (Å²) in [5.74, 6) is -3.96. The van der Waals surface area contributed by atoms with Crippen LogP contribution in [0.25, 0.3) is 0 Å². The summed E-state index contributed by atoms with van der Waals surface area (Å²) in [6.07, 6.45) is 4.81. The van der Waals surface area contributed by atoms with Gasteiger partial charge in [-0.25, -0.2) is 4.98 Å². The van der Waals surface area contributed by atoms with E-state index >= 15 is 0 Å². The fourth-order valence-electron chi connectivity index (χ4n) is 3.09. The van der Waals surface area contributed by atoms with Gasteiger partial charge in [-0.3, -0.25) is 19.5 Å². The minimum absolute atomic E-state index is 0.142. The molecule has 2 aromatic rings. The van der Waals surface area contributed by atoms with Gasteiger partial charge in [-0.1, -0.05) is 6.07 Å². The van der Waals surface area contributed by atoms with E-state index in [9.17, 15) is 18.4 Å². The number of pyridine rings is 2. The van der Waals surface area contributed by atoms with Crippen molar-refractivity contribution in [1.82, 2.24) is 19.8 Å². The lowest BCUT2D eigenvalue weighted by Gasteiger charge is -2.37. The van der Waals surface area contributed by atoms with Gasteiger partial charge in [-0.05, 0) is 42.4 Å². The molecular formula is C19H21F2N5O2S. The van der Waals surface area contributed by atoms with Gasteiger partial charge in [0.25, 0.3) is 5.76 Å². The third-order valence-corrected chi connectivity index (χ3v) is 5.38. The molecule has 7 nitrogen and oxygen atoms in total. The summed E-state index contributed by atoms with van der Waals surface area (Å²) in [5.41, 5.74) is 1.39. The zero-order valence-electron chi connectivity index (χ0n) is 15.8. The van der Waals surface area contributed by atoms with Crippen LogP contribution in [0.1, 0.15) is 18.5 Å². The molecular weight excluding hydrogens is 400 g/mol. The lowest BCUT2D eigenvalue weighted by Crippen LogP contribution is -2.51. The Labute approximate surface area is 171 Å². The summed E-state index contributed by atoms with van der Waals surface area (Å²) >= 11 is 0.315. The number of nitrogens with zero attached hydrogens (tertiary/aromatic N) is 4. The van der Waals surface area contributed by atoms with E-state index < -0.39 is 17.6 Å². The number of aromatic nitrogens is 2. The standard InChI is InChI=1S/C19H21F2N5O2S/c1-13(14-3-2-6-22-11-14)25-7-9-26(10-8-25)18(28)17(27)24-15-4-5-16(23-12-15)29-19(20)21/h2-6,11-13,19H,7-10H2,1H3,(H,24,27). The van der Waals surface area contributed by atoms with Crippen molar-refractivity contribution in [3.05, 3.63) is 48.4 Å². The van der Waals surface area contributed by atoms with E-state index in [1.54, 1.807) is 6.20 Å². The highest BCUT2D eigenvalue weighted by Crippen LogP contribution is 2.24. The summed E-state index contributed by atoms with van der Waals surface area (Å²) in [6, 6.07) is 6.89. The zero-order chi connectivity index (χ0) is 20.8. The van der Waals surface area contributed by atoms with Gasteiger partial charge >= 0.3 is 11.8 Å². The molecule has 1 atom stereocenters. The second-order valence-electron chi connectivity index (χ2n) is 6.51. The highest BCUT2D eigenvalue weighted by atomic mass is 32.2. The van der Waals surface area contributed by atoms with Crippen LogP contribution in [0.2, 0.25) is 0 Å². The number of rotatable bonds is 5. The summed E-state index contributed by atoms with van der Waals surface area (Å²) in [4.78, 5) is 36.4. The third kappa shape index (κ3) is 5.70. The van der Waals surface area contributed by atoms with Crippen molar-refractivity contribution < 1.29 is 18.4 Å². The quantitative estimate of drug-likeness (QED) is 0.591. The number of carbonyl (C=O) groups is 2. The van der Waals surface area contributed by atoms with Crippen molar-refractivity contribution in [2.24, 2.45) is 0 Å². The first-order chi connectivity index (χ1) is 13.9. The van der Waals surface area contributed by atoms with Crippen LogP contribution in [0, 0.1) is 0 Å². The van der Waals surface area contributed by atoms with Gasteiger partial charge in [0.15, 0.2) is 0 Å². The first kappa shape index (κ1) is 21.1. The van der Waals surface area contributed by atoms with Crippen molar-refractivity contribution in [2.75, 3.05) is 31.5 Å². The molecule has 1 saturated heterocycles. The van der Waals surface area contributed by atoms with Crippen LogP contribution in [0.15, 0.2) is 47.9 Å². The number of hydrogen-bond acceptors (Lipinski definition) is 6. The first-order valence-electron chi connectivity index (χ1n) is 9.09. The summed E-state index contributed by atoms with van der Waals surface area (Å²) in [6.45, 7) is 4.27. The van der Waals surface area contributed by atoms with Crippen LogP contribution in [-0.4, -0.2) is 63.5 Å². The largest absolute Gasteiger partial charge is 0.332 e. The molecule has 1 N–H and O–H groups in total. The number of carbonyl (C=O) groups excluding carboxylic acids is 2. The molecule has 3 heterocycles. The lowest BCUT2D eigenvalue weighted by molar-refractivity contribution is -0.144. The van der Waals surface area contributed by atoms with Crippen LogP contribution in [-0.2, 0) is 9.59 Å². The van der Waals surface area contributed by atoms with Crippen molar-refractivity contribution in [2.45, 2.75) is 23.7 Å². The minimum atomic E-state index is -2.57. The second kappa shape index (κ2) is 9.75. The molecule has 0 saturated carbocycles. The van der Waals surface area contributed by atoms with Crippen molar-refractivity contribution in [3.63, 3.8) is 0 Å². The second-order valence-corrected chi connectivity index (χ2v) is 7.52. The Morgan fingerprint density at radius 3 is 2.48 bits per heavy atom. The van der Waals surface area contributed by atoms with E-state index in [0.29, 0.717) is 37.9 Å². The normalized spacial score (nSPS) is 15.9. The number of amides is 2. The molecule has 0 aromatic carbocycles. The van der Waals surface area contributed by atoms with Crippen LogP contribution in [0.4, 0.5) is 14.5 Å². The molecule has 3 rings (SSSR count). The number of halogens is 2. The lowest BCUT2D eigenvalue weighted by atomic mass is 10.1. The third-order valence-electron chi connectivity index (χ3n) is 4.71. The number of anilines is 1. The van der Waals surface area contributed by atoms with E-state index in [1.165, 1.54) is 23.2 Å². The number of thioether (sulfide) groups is 1. The summed E-state index contributed by atoms with van der Waals surface area (Å²) in [5, 5.41) is 2.61. The molecule has 2 amide bonds. The number of piperazine rings is 1.